The lowest BCUT2D eigenvalue weighted by Gasteiger charge is -2.34. The molecule has 1 N–H and O–H groups in total. The van der Waals surface area contributed by atoms with Gasteiger partial charge in [-0.1, -0.05) is 27.7 Å². The molecule has 0 bridgehead atoms. The lowest BCUT2D eigenvalue weighted by atomic mass is 9.76. The molecule has 14 heavy (non-hydrogen) atoms. The predicted octanol–water partition coefficient (Wildman–Crippen LogP) is 2.68. The molecule has 0 rings (SSSR count). The van der Waals surface area contributed by atoms with E-state index in [1.807, 2.05) is 0 Å². The SMILES string of the molecule is CCNC(C)CC(C)(C)C(C)COC. The van der Waals surface area contributed by atoms with Crippen LogP contribution in [0.25, 0.3) is 0 Å². The van der Waals surface area contributed by atoms with Gasteiger partial charge in [-0.3, -0.25) is 0 Å². The van der Waals surface area contributed by atoms with Gasteiger partial charge in [0, 0.05) is 19.8 Å². The van der Waals surface area contributed by atoms with Crippen molar-refractivity contribution in [1.29, 1.82) is 0 Å². The van der Waals surface area contributed by atoms with E-state index in [0.717, 1.165) is 13.2 Å². The van der Waals surface area contributed by atoms with Crippen LogP contribution in [0.1, 0.15) is 41.0 Å². The number of methoxy groups -OCH3 is 1. The van der Waals surface area contributed by atoms with Crippen molar-refractivity contribution in [2.24, 2.45) is 11.3 Å². The van der Waals surface area contributed by atoms with Gasteiger partial charge >= 0.3 is 0 Å². The molecule has 0 fully saturated rings. The maximum Gasteiger partial charge on any atom is 0.0492 e. The molecule has 2 heteroatoms. The van der Waals surface area contributed by atoms with Crippen molar-refractivity contribution in [2.75, 3.05) is 20.3 Å². The van der Waals surface area contributed by atoms with E-state index in [1.165, 1.54) is 6.42 Å². The molecule has 2 unspecified atom stereocenters. The van der Waals surface area contributed by atoms with E-state index in [0.29, 0.717) is 17.4 Å². The average Bonchev–Trinajstić information content (AvgIpc) is 2.03. The highest BCUT2D eigenvalue weighted by Gasteiger charge is 2.27. The number of rotatable bonds is 7. The van der Waals surface area contributed by atoms with Gasteiger partial charge in [0.05, 0.1) is 0 Å². The third-order valence-electron chi connectivity index (χ3n) is 3.14. The Hall–Kier alpha value is -0.0800. The Bertz CT molecular complexity index is 145. The van der Waals surface area contributed by atoms with Crippen molar-refractivity contribution in [1.82, 2.24) is 5.32 Å². The normalized spacial score (nSPS) is 16.7. The molecule has 2 nitrogen and oxygen atoms in total. The summed E-state index contributed by atoms with van der Waals surface area (Å²) >= 11 is 0. The summed E-state index contributed by atoms with van der Waals surface area (Å²) in [5.74, 6) is 0.605. The minimum Gasteiger partial charge on any atom is -0.384 e. The summed E-state index contributed by atoms with van der Waals surface area (Å²) in [6.07, 6.45) is 1.20. The fourth-order valence-electron chi connectivity index (χ4n) is 1.89. The van der Waals surface area contributed by atoms with Gasteiger partial charge in [0.1, 0.15) is 0 Å². The minimum atomic E-state index is 0.345. The van der Waals surface area contributed by atoms with Crippen LogP contribution in [-0.4, -0.2) is 26.3 Å². The van der Waals surface area contributed by atoms with Crippen LogP contribution in [-0.2, 0) is 4.74 Å². The average molecular weight is 201 g/mol. The molecule has 0 saturated carbocycles. The lowest BCUT2D eigenvalue weighted by molar-refractivity contribution is 0.0804. The molecule has 0 saturated heterocycles. The molecule has 0 aliphatic rings. The smallest absolute Gasteiger partial charge is 0.0492 e. The van der Waals surface area contributed by atoms with Gasteiger partial charge < -0.3 is 10.1 Å². The van der Waals surface area contributed by atoms with E-state index < -0.39 is 0 Å². The van der Waals surface area contributed by atoms with E-state index in [1.54, 1.807) is 7.11 Å². The zero-order valence-electron chi connectivity index (χ0n) is 10.7. The van der Waals surface area contributed by atoms with Gasteiger partial charge in [-0.2, -0.15) is 0 Å². The van der Waals surface area contributed by atoms with Crippen molar-refractivity contribution in [3.05, 3.63) is 0 Å². The molecular weight excluding hydrogens is 174 g/mol. The van der Waals surface area contributed by atoms with Gasteiger partial charge in [-0.15, -0.1) is 0 Å². The highest BCUT2D eigenvalue weighted by atomic mass is 16.5. The third kappa shape index (κ3) is 4.97. The van der Waals surface area contributed by atoms with Gasteiger partial charge in [0.25, 0.3) is 0 Å². The Kier molecular flexibility index (Phi) is 6.38. The van der Waals surface area contributed by atoms with E-state index in [4.69, 9.17) is 4.74 Å². The topological polar surface area (TPSA) is 21.3 Å². The zero-order valence-corrected chi connectivity index (χ0v) is 10.7. The summed E-state index contributed by atoms with van der Waals surface area (Å²) < 4.78 is 5.21. The Morgan fingerprint density at radius 2 is 1.86 bits per heavy atom. The predicted molar refractivity (Wildman–Crippen MR) is 62.6 cm³/mol. The first kappa shape index (κ1) is 13.9. The van der Waals surface area contributed by atoms with Gasteiger partial charge in [0.15, 0.2) is 0 Å². The highest BCUT2D eigenvalue weighted by Crippen LogP contribution is 2.31. The summed E-state index contributed by atoms with van der Waals surface area (Å²) in [5, 5.41) is 3.46. The molecule has 0 aliphatic heterocycles. The van der Waals surface area contributed by atoms with E-state index >= 15 is 0 Å². The van der Waals surface area contributed by atoms with Crippen LogP contribution >= 0.6 is 0 Å². The quantitative estimate of drug-likeness (QED) is 0.684. The van der Waals surface area contributed by atoms with Crippen LogP contribution in [0, 0.1) is 11.3 Å². The van der Waals surface area contributed by atoms with Crippen molar-refractivity contribution in [3.63, 3.8) is 0 Å². The second-order valence-electron chi connectivity index (χ2n) is 5.01. The molecule has 86 valence electrons. The van der Waals surface area contributed by atoms with E-state index in [-0.39, 0.29) is 0 Å². The largest absolute Gasteiger partial charge is 0.384 e. The first-order valence-electron chi connectivity index (χ1n) is 5.66. The van der Waals surface area contributed by atoms with Crippen LogP contribution < -0.4 is 5.32 Å². The number of nitrogens with one attached hydrogen (secondary N) is 1. The van der Waals surface area contributed by atoms with Crippen molar-refractivity contribution in [2.45, 2.75) is 47.1 Å². The Labute approximate surface area is 89.4 Å². The Morgan fingerprint density at radius 1 is 1.29 bits per heavy atom. The summed E-state index contributed by atoms with van der Waals surface area (Å²) in [6, 6.07) is 0.592. The molecule has 0 aromatic carbocycles. The highest BCUT2D eigenvalue weighted by molar-refractivity contribution is 4.79. The van der Waals surface area contributed by atoms with Crippen LogP contribution in [0.3, 0.4) is 0 Å². The second kappa shape index (κ2) is 6.41. The maximum atomic E-state index is 5.21. The van der Waals surface area contributed by atoms with E-state index in [9.17, 15) is 0 Å². The fraction of sp³-hybridized carbons (Fsp3) is 1.00. The molecule has 0 heterocycles. The zero-order chi connectivity index (χ0) is 11.2. The first-order valence-corrected chi connectivity index (χ1v) is 5.66. The standard InChI is InChI=1S/C12H27NO/c1-7-13-11(3)8-12(4,5)10(2)9-14-6/h10-11,13H,7-9H2,1-6H3. The monoisotopic (exact) mass is 201 g/mol. The summed E-state index contributed by atoms with van der Waals surface area (Å²) in [4.78, 5) is 0. The first-order chi connectivity index (χ1) is 6.44. The molecule has 0 aliphatic carbocycles. The van der Waals surface area contributed by atoms with Crippen LogP contribution in [0.2, 0.25) is 0 Å². The number of hydrogen-bond acceptors (Lipinski definition) is 2. The molecule has 0 radical (unpaired) electrons. The van der Waals surface area contributed by atoms with E-state index in [2.05, 4.69) is 39.9 Å². The molecule has 0 amide bonds. The molecule has 0 spiro atoms. The fourth-order valence-corrected chi connectivity index (χ4v) is 1.89. The van der Waals surface area contributed by atoms with Crippen molar-refractivity contribution >= 4 is 0 Å². The Morgan fingerprint density at radius 3 is 2.29 bits per heavy atom. The minimum absolute atomic E-state index is 0.345. The van der Waals surface area contributed by atoms with Crippen molar-refractivity contribution in [3.8, 4) is 0 Å². The maximum absolute atomic E-state index is 5.21. The second-order valence-corrected chi connectivity index (χ2v) is 5.01. The summed E-state index contributed by atoms with van der Waals surface area (Å²) in [6.45, 7) is 13.2. The summed E-state index contributed by atoms with van der Waals surface area (Å²) in [5.41, 5.74) is 0.345. The Balaban J connectivity index is 4.03. The van der Waals surface area contributed by atoms with Gasteiger partial charge in [0.2, 0.25) is 0 Å². The number of hydrogen-bond donors (Lipinski definition) is 1. The lowest BCUT2D eigenvalue weighted by Crippen LogP contribution is -2.35. The van der Waals surface area contributed by atoms with Crippen LogP contribution in [0.5, 0.6) is 0 Å². The van der Waals surface area contributed by atoms with Crippen LogP contribution in [0.4, 0.5) is 0 Å². The van der Waals surface area contributed by atoms with Crippen molar-refractivity contribution < 1.29 is 4.74 Å². The van der Waals surface area contributed by atoms with Crippen LogP contribution in [0.15, 0.2) is 0 Å². The number of ether oxygens (including phenoxy) is 1. The van der Waals surface area contributed by atoms with Gasteiger partial charge in [-0.25, -0.2) is 0 Å². The molecule has 2 atom stereocenters. The third-order valence-corrected chi connectivity index (χ3v) is 3.14. The summed E-state index contributed by atoms with van der Waals surface area (Å²) in [7, 11) is 1.78. The molecular formula is C12H27NO. The molecule has 0 aromatic heterocycles. The van der Waals surface area contributed by atoms with Gasteiger partial charge in [-0.05, 0) is 31.2 Å². The molecule has 0 aromatic rings.